The molecule has 21 heavy (non-hydrogen) atoms. The summed E-state index contributed by atoms with van der Waals surface area (Å²) in [4.78, 5) is 13.0. The van der Waals surface area contributed by atoms with Crippen LogP contribution in [0.15, 0.2) is 36.7 Å². The van der Waals surface area contributed by atoms with Gasteiger partial charge in [0.15, 0.2) is 0 Å². The molecule has 3 rings (SSSR count). The molecule has 0 atom stereocenters. The van der Waals surface area contributed by atoms with Gasteiger partial charge < -0.3 is 14.9 Å². The first-order valence-electron chi connectivity index (χ1n) is 6.94. The van der Waals surface area contributed by atoms with Crippen LogP contribution in [0.4, 0.5) is 11.6 Å². The van der Waals surface area contributed by atoms with E-state index in [9.17, 15) is 5.11 Å². The Morgan fingerprint density at radius 2 is 1.71 bits per heavy atom. The minimum atomic E-state index is -0.00208. The third-order valence-electron chi connectivity index (χ3n) is 3.67. The smallest absolute Gasteiger partial charge is 0.225 e. The van der Waals surface area contributed by atoms with E-state index in [-0.39, 0.29) is 6.61 Å². The van der Waals surface area contributed by atoms with Crippen molar-refractivity contribution < 1.29 is 5.11 Å². The van der Waals surface area contributed by atoms with E-state index in [2.05, 4.69) is 19.8 Å². The maximum atomic E-state index is 9.49. The highest BCUT2D eigenvalue weighted by atomic mass is 35.5. The molecule has 0 unspecified atom stereocenters. The molecule has 0 spiro atoms. The highest BCUT2D eigenvalue weighted by molar-refractivity contribution is 6.30. The Kier molecular flexibility index (Phi) is 4.22. The van der Waals surface area contributed by atoms with Crippen LogP contribution in [-0.4, -0.2) is 41.3 Å². The number of piperazine rings is 1. The Bertz CT molecular complexity index is 600. The number of rotatable bonds is 3. The van der Waals surface area contributed by atoms with E-state index in [1.165, 1.54) is 0 Å². The van der Waals surface area contributed by atoms with Crippen LogP contribution in [0.2, 0.25) is 5.02 Å². The monoisotopic (exact) mass is 304 g/mol. The lowest BCUT2D eigenvalue weighted by molar-refractivity contribution is 0.282. The number of hydrogen-bond acceptors (Lipinski definition) is 5. The van der Waals surface area contributed by atoms with E-state index >= 15 is 0 Å². The molecular weight excluding hydrogens is 288 g/mol. The summed E-state index contributed by atoms with van der Waals surface area (Å²) in [7, 11) is 0. The van der Waals surface area contributed by atoms with Crippen molar-refractivity contribution in [3.8, 4) is 0 Å². The van der Waals surface area contributed by atoms with Gasteiger partial charge in [-0.25, -0.2) is 9.97 Å². The van der Waals surface area contributed by atoms with Crippen molar-refractivity contribution in [2.45, 2.75) is 6.61 Å². The van der Waals surface area contributed by atoms with Gasteiger partial charge in [-0.1, -0.05) is 11.6 Å². The van der Waals surface area contributed by atoms with Crippen molar-refractivity contribution in [2.75, 3.05) is 36.0 Å². The predicted octanol–water partition coefficient (Wildman–Crippen LogP) is 1.95. The van der Waals surface area contributed by atoms with Crippen LogP contribution in [0.5, 0.6) is 0 Å². The van der Waals surface area contributed by atoms with Crippen molar-refractivity contribution >= 4 is 23.2 Å². The maximum Gasteiger partial charge on any atom is 0.225 e. The molecule has 1 fully saturated rings. The summed E-state index contributed by atoms with van der Waals surface area (Å²) in [6.45, 7) is 3.45. The minimum absolute atomic E-state index is 0.00208. The Balaban J connectivity index is 1.71. The van der Waals surface area contributed by atoms with Crippen LogP contribution in [0.25, 0.3) is 0 Å². The summed E-state index contributed by atoms with van der Waals surface area (Å²) >= 11 is 5.98. The van der Waals surface area contributed by atoms with Crippen molar-refractivity contribution in [2.24, 2.45) is 0 Å². The molecule has 1 N–H and O–H groups in total. The van der Waals surface area contributed by atoms with Crippen LogP contribution in [0.1, 0.15) is 5.56 Å². The molecular formula is C15H17ClN4O. The number of aromatic nitrogens is 2. The van der Waals surface area contributed by atoms with Gasteiger partial charge in [-0.2, -0.15) is 0 Å². The molecule has 1 aliphatic rings. The van der Waals surface area contributed by atoms with Gasteiger partial charge in [-0.05, 0) is 24.3 Å². The molecule has 1 aromatic heterocycles. The Hall–Kier alpha value is -1.85. The normalized spacial score (nSPS) is 15.3. The second-order valence-corrected chi connectivity index (χ2v) is 5.39. The second-order valence-electron chi connectivity index (χ2n) is 4.95. The lowest BCUT2D eigenvalue weighted by atomic mass is 10.1. The van der Waals surface area contributed by atoms with Crippen LogP contribution in [0.3, 0.4) is 0 Å². The second kappa shape index (κ2) is 6.28. The van der Waals surface area contributed by atoms with Gasteiger partial charge in [-0.15, -0.1) is 0 Å². The topological polar surface area (TPSA) is 52.5 Å². The maximum absolute atomic E-state index is 9.49. The lowest BCUT2D eigenvalue weighted by Gasteiger charge is -2.36. The molecule has 110 valence electrons. The molecule has 1 aliphatic heterocycles. The van der Waals surface area contributed by atoms with Gasteiger partial charge >= 0.3 is 0 Å². The average molecular weight is 305 g/mol. The summed E-state index contributed by atoms with van der Waals surface area (Å²) in [6.07, 6.45) is 3.52. The number of aliphatic hydroxyl groups excluding tert-OH is 1. The first kappa shape index (κ1) is 14.1. The minimum Gasteiger partial charge on any atom is -0.392 e. The fourth-order valence-electron chi connectivity index (χ4n) is 2.59. The number of aliphatic hydroxyl groups is 1. The van der Waals surface area contributed by atoms with Gasteiger partial charge in [0.2, 0.25) is 5.95 Å². The van der Waals surface area contributed by atoms with Crippen LogP contribution in [-0.2, 0) is 6.61 Å². The highest BCUT2D eigenvalue weighted by Crippen LogP contribution is 2.26. The fraction of sp³-hybridized carbons (Fsp3) is 0.333. The third-order valence-corrected chi connectivity index (χ3v) is 3.90. The predicted molar refractivity (Wildman–Crippen MR) is 83.8 cm³/mol. The van der Waals surface area contributed by atoms with Crippen LogP contribution in [0, 0.1) is 0 Å². The van der Waals surface area contributed by atoms with E-state index in [0.717, 1.165) is 43.4 Å². The van der Waals surface area contributed by atoms with Crippen LogP contribution >= 0.6 is 11.6 Å². The third kappa shape index (κ3) is 3.09. The lowest BCUT2D eigenvalue weighted by Crippen LogP contribution is -2.47. The number of benzene rings is 1. The molecule has 0 aliphatic carbocycles. The molecule has 5 nitrogen and oxygen atoms in total. The van der Waals surface area contributed by atoms with Crippen LogP contribution < -0.4 is 9.80 Å². The van der Waals surface area contributed by atoms with Crippen molar-refractivity contribution in [3.05, 3.63) is 47.2 Å². The summed E-state index contributed by atoms with van der Waals surface area (Å²) < 4.78 is 0. The van der Waals surface area contributed by atoms with Crippen molar-refractivity contribution in [3.63, 3.8) is 0 Å². The molecule has 6 heteroatoms. The first-order chi connectivity index (χ1) is 10.3. The number of hydrogen-bond donors (Lipinski definition) is 1. The molecule has 1 aromatic carbocycles. The molecule has 1 saturated heterocycles. The Labute approximate surface area is 128 Å². The van der Waals surface area contributed by atoms with Gasteiger partial charge in [-0.3, -0.25) is 0 Å². The quantitative estimate of drug-likeness (QED) is 0.939. The Morgan fingerprint density at radius 1 is 1.05 bits per heavy atom. The number of halogens is 1. The SMILES string of the molecule is OCc1cc(Cl)ccc1N1CCN(c2ncccn2)CC1. The largest absolute Gasteiger partial charge is 0.392 e. The van der Waals surface area contributed by atoms with Crippen molar-refractivity contribution in [1.29, 1.82) is 0 Å². The van der Waals surface area contributed by atoms with E-state index in [1.54, 1.807) is 12.4 Å². The first-order valence-corrected chi connectivity index (χ1v) is 7.32. The van der Waals surface area contributed by atoms with E-state index in [1.807, 2.05) is 24.3 Å². The van der Waals surface area contributed by atoms with Crippen molar-refractivity contribution in [1.82, 2.24) is 9.97 Å². The zero-order valence-corrected chi connectivity index (χ0v) is 12.4. The fourth-order valence-corrected chi connectivity index (χ4v) is 2.79. The summed E-state index contributed by atoms with van der Waals surface area (Å²) in [5, 5.41) is 10.1. The highest BCUT2D eigenvalue weighted by Gasteiger charge is 2.20. The summed E-state index contributed by atoms with van der Waals surface area (Å²) in [5.41, 5.74) is 1.92. The van der Waals surface area contributed by atoms with Gasteiger partial charge in [0.25, 0.3) is 0 Å². The number of nitrogens with zero attached hydrogens (tertiary/aromatic N) is 4. The zero-order valence-electron chi connectivity index (χ0n) is 11.6. The summed E-state index contributed by atoms with van der Waals surface area (Å²) in [6, 6.07) is 7.48. The van der Waals surface area contributed by atoms with E-state index < -0.39 is 0 Å². The van der Waals surface area contributed by atoms with Gasteiger partial charge in [0.1, 0.15) is 0 Å². The van der Waals surface area contributed by atoms with E-state index in [0.29, 0.717) is 5.02 Å². The molecule has 2 heterocycles. The molecule has 0 saturated carbocycles. The van der Waals surface area contributed by atoms with Gasteiger partial charge in [0.05, 0.1) is 6.61 Å². The van der Waals surface area contributed by atoms with E-state index in [4.69, 9.17) is 11.6 Å². The standard InChI is InChI=1S/C15H17ClN4O/c16-13-2-3-14(12(10-13)11-21)19-6-8-20(9-7-19)15-17-4-1-5-18-15/h1-5,10,21H,6-9,11H2. The Morgan fingerprint density at radius 3 is 2.38 bits per heavy atom. The average Bonchev–Trinajstić information content (AvgIpc) is 2.56. The molecule has 2 aromatic rings. The molecule has 0 bridgehead atoms. The molecule has 0 amide bonds. The van der Waals surface area contributed by atoms with Gasteiger partial charge in [0, 0.05) is 54.8 Å². The molecule has 0 radical (unpaired) electrons. The number of anilines is 2. The summed E-state index contributed by atoms with van der Waals surface area (Å²) in [5.74, 6) is 0.774. The zero-order chi connectivity index (χ0) is 14.7.